The van der Waals surface area contributed by atoms with E-state index in [0.717, 1.165) is 10.5 Å². The predicted octanol–water partition coefficient (Wildman–Crippen LogP) is 0.863. The van der Waals surface area contributed by atoms with Crippen molar-refractivity contribution in [2.45, 2.75) is 19.1 Å². The number of aryl methyl sites for hydroxylation is 1. The van der Waals surface area contributed by atoms with Crippen molar-refractivity contribution >= 4 is 11.8 Å². The number of carbonyl (C=O) groups is 2. The summed E-state index contributed by atoms with van der Waals surface area (Å²) >= 11 is 0. The largest absolute Gasteiger partial charge is 0.369 e. The fourth-order valence-corrected chi connectivity index (χ4v) is 1.75. The van der Waals surface area contributed by atoms with Gasteiger partial charge in [-0.25, -0.2) is 4.90 Å². The standard InChI is InChI=1S/C13H13NO3/c15-11(14-12(16)8-9-13(14)17)7-6-10-4-2-1-3-5-10/h1-5,8-9,12,16H,6-7H2. The normalized spacial score (nSPS) is 18.8. The number of nitrogens with zero attached hydrogens (tertiary/aromatic N) is 1. The minimum atomic E-state index is -1.11. The number of benzene rings is 1. The van der Waals surface area contributed by atoms with E-state index < -0.39 is 12.1 Å². The van der Waals surface area contributed by atoms with Crippen LogP contribution in [0.2, 0.25) is 0 Å². The first-order chi connectivity index (χ1) is 8.18. The van der Waals surface area contributed by atoms with Crippen LogP contribution >= 0.6 is 0 Å². The molecular formula is C13H13NO3. The van der Waals surface area contributed by atoms with E-state index in [9.17, 15) is 14.7 Å². The summed E-state index contributed by atoms with van der Waals surface area (Å²) in [7, 11) is 0. The van der Waals surface area contributed by atoms with Crippen LogP contribution in [-0.4, -0.2) is 28.0 Å². The second-order valence-electron chi connectivity index (χ2n) is 3.86. The molecule has 17 heavy (non-hydrogen) atoms. The van der Waals surface area contributed by atoms with E-state index >= 15 is 0 Å². The minimum absolute atomic E-state index is 0.217. The maximum absolute atomic E-state index is 11.7. The molecule has 1 aliphatic heterocycles. The van der Waals surface area contributed by atoms with Crippen molar-refractivity contribution in [3.8, 4) is 0 Å². The average Bonchev–Trinajstić information content (AvgIpc) is 2.67. The van der Waals surface area contributed by atoms with Gasteiger partial charge in [-0.1, -0.05) is 30.3 Å². The lowest BCUT2D eigenvalue weighted by Gasteiger charge is -2.18. The Labute approximate surface area is 99.2 Å². The molecule has 0 saturated carbocycles. The van der Waals surface area contributed by atoms with Crippen molar-refractivity contribution in [3.05, 3.63) is 48.0 Å². The zero-order valence-electron chi connectivity index (χ0n) is 9.24. The minimum Gasteiger partial charge on any atom is -0.369 e. The van der Waals surface area contributed by atoms with Gasteiger partial charge in [-0.05, 0) is 18.1 Å². The molecule has 4 nitrogen and oxygen atoms in total. The fourth-order valence-electron chi connectivity index (χ4n) is 1.75. The molecule has 0 aromatic heterocycles. The van der Waals surface area contributed by atoms with Crippen molar-refractivity contribution in [2.24, 2.45) is 0 Å². The molecule has 1 atom stereocenters. The summed E-state index contributed by atoms with van der Waals surface area (Å²) < 4.78 is 0. The fraction of sp³-hybridized carbons (Fsp3) is 0.231. The molecule has 2 rings (SSSR count). The highest BCUT2D eigenvalue weighted by Gasteiger charge is 2.29. The highest BCUT2D eigenvalue weighted by Crippen LogP contribution is 2.12. The van der Waals surface area contributed by atoms with Crippen LogP contribution < -0.4 is 0 Å². The number of aliphatic hydroxyl groups excluding tert-OH is 1. The molecule has 0 saturated heterocycles. The Morgan fingerprint density at radius 1 is 1.29 bits per heavy atom. The van der Waals surface area contributed by atoms with Gasteiger partial charge in [-0.2, -0.15) is 0 Å². The Morgan fingerprint density at radius 2 is 2.00 bits per heavy atom. The highest BCUT2D eigenvalue weighted by molar-refractivity contribution is 6.03. The summed E-state index contributed by atoms with van der Waals surface area (Å²) in [6.07, 6.45) is 2.20. The Bertz CT molecular complexity index is 453. The third kappa shape index (κ3) is 2.60. The predicted molar refractivity (Wildman–Crippen MR) is 61.8 cm³/mol. The van der Waals surface area contributed by atoms with Crippen LogP contribution in [0, 0.1) is 0 Å². The number of hydrogen-bond donors (Lipinski definition) is 1. The number of amides is 2. The number of imide groups is 1. The maximum Gasteiger partial charge on any atom is 0.255 e. The zero-order chi connectivity index (χ0) is 12.3. The molecule has 1 aliphatic rings. The van der Waals surface area contributed by atoms with Crippen LogP contribution in [0.15, 0.2) is 42.5 Å². The molecule has 4 heteroatoms. The van der Waals surface area contributed by atoms with Gasteiger partial charge in [0.2, 0.25) is 5.91 Å². The van der Waals surface area contributed by atoms with Gasteiger partial charge in [-0.15, -0.1) is 0 Å². The number of aliphatic hydroxyl groups is 1. The van der Waals surface area contributed by atoms with Gasteiger partial charge in [0.25, 0.3) is 5.91 Å². The lowest BCUT2D eigenvalue weighted by Crippen LogP contribution is -2.39. The highest BCUT2D eigenvalue weighted by atomic mass is 16.3. The molecule has 0 aliphatic carbocycles. The topological polar surface area (TPSA) is 57.6 Å². The third-order valence-electron chi connectivity index (χ3n) is 2.65. The quantitative estimate of drug-likeness (QED) is 0.839. The molecule has 0 bridgehead atoms. The van der Waals surface area contributed by atoms with Crippen molar-refractivity contribution in [2.75, 3.05) is 0 Å². The van der Waals surface area contributed by atoms with E-state index in [1.165, 1.54) is 12.2 Å². The van der Waals surface area contributed by atoms with Crippen molar-refractivity contribution in [1.82, 2.24) is 4.90 Å². The van der Waals surface area contributed by atoms with Gasteiger partial charge in [0.1, 0.15) is 0 Å². The Balaban J connectivity index is 1.92. The van der Waals surface area contributed by atoms with E-state index in [1.807, 2.05) is 30.3 Å². The lowest BCUT2D eigenvalue weighted by atomic mass is 10.1. The average molecular weight is 231 g/mol. The molecule has 1 unspecified atom stereocenters. The smallest absolute Gasteiger partial charge is 0.255 e. The second-order valence-corrected chi connectivity index (χ2v) is 3.86. The van der Waals surface area contributed by atoms with Crippen LogP contribution in [0.1, 0.15) is 12.0 Å². The molecule has 2 amide bonds. The van der Waals surface area contributed by atoms with Gasteiger partial charge in [-0.3, -0.25) is 9.59 Å². The molecule has 1 N–H and O–H groups in total. The van der Waals surface area contributed by atoms with Crippen LogP contribution in [0.5, 0.6) is 0 Å². The number of hydrogen-bond acceptors (Lipinski definition) is 3. The second kappa shape index (κ2) is 4.93. The molecule has 1 aromatic rings. The third-order valence-corrected chi connectivity index (χ3v) is 2.65. The Hall–Kier alpha value is -1.94. The van der Waals surface area contributed by atoms with E-state index in [2.05, 4.69) is 0 Å². The summed E-state index contributed by atoms with van der Waals surface area (Å²) in [5.41, 5.74) is 1.04. The number of carbonyl (C=O) groups excluding carboxylic acids is 2. The first-order valence-corrected chi connectivity index (χ1v) is 5.44. The van der Waals surface area contributed by atoms with Crippen molar-refractivity contribution < 1.29 is 14.7 Å². The summed E-state index contributed by atoms with van der Waals surface area (Å²) in [4.78, 5) is 23.9. The van der Waals surface area contributed by atoms with Crippen LogP contribution in [0.4, 0.5) is 0 Å². The van der Waals surface area contributed by atoms with Crippen molar-refractivity contribution in [3.63, 3.8) is 0 Å². The SMILES string of the molecule is O=C1C=CC(O)N1C(=O)CCc1ccccc1. The molecule has 88 valence electrons. The van der Waals surface area contributed by atoms with Gasteiger partial charge < -0.3 is 5.11 Å². The summed E-state index contributed by atoms with van der Waals surface area (Å²) in [5.74, 6) is -0.799. The molecule has 1 heterocycles. The first kappa shape index (κ1) is 11.5. The van der Waals surface area contributed by atoms with Crippen LogP contribution in [-0.2, 0) is 16.0 Å². The Kier molecular flexibility index (Phi) is 3.35. The van der Waals surface area contributed by atoms with E-state index in [-0.39, 0.29) is 12.3 Å². The molecule has 0 radical (unpaired) electrons. The monoisotopic (exact) mass is 231 g/mol. The zero-order valence-corrected chi connectivity index (χ0v) is 9.24. The molecule has 0 spiro atoms. The number of rotatable bonds is 3. The van der Waals surface area contributed by atoms with Gasteiger partial charge in [0, 0.05) is 12.5 Å². The van der Waals surface area contributed by atoms with E-state index in [4.69, 9.17) is 0 Å². The van der Waals surface area contributed by atoms with Gasteiger partial charge in [0.05, 0.1) is 0 Å². The molecule has 1 aromatic carbocycles. The lowest BCUT2D eigenvalue weighted by molar-refractivity contribution is -0.148. The first-order valence-electron chi connectivity index (χ1n) is 5.44. The summed E-state index contributed by atoms with van der Waals surface area (Å²) in [5, 5.41) is 9.42. The van der Waals surface area contributed by atoms with Gasteiger partial charge >= 0.3 is 0 Å². The molecule has 0 fully saturated rings. The van der Waals surface area contributed by atoms with E-state index in [0.29, 0.717) is 6.42 Å². The van der Waals surface area contributed by atoms with Crippen molar-refractivity contribution in [1.29, 1.82) is 0 Å². The maximum atomic E-state index is 11.7. The summed E-state index contributed by atoms with van der Waals surface area (Å²) in [6, 6.07) is 9.55. The van der Waals surface area contributed by atoms with Crippen LogP contribution in [0.25, 0.3) is 0 Å². The Morgan fingerprint density at radius 3 is 2.59 bits per heavy atom. The molecular weight excluding hydrogens is 218 g/mol. The summed E-state index contributed by atoms with van der Waals surface area (Å²) in [6.45, 7) is 0. The van der Waals surface area contributed by atoms with Gasteiger partial charge in [0.15, 0.2) is 6.23 Å². The van der Waals surface area contributed by atoms with Crippen LogP contribution in [0.3, 0.4) is 0 Å². The van der Waals surface area contributed by atoms with E-state index in [1.54, 1.807) is 0 Å².